The molecule has 1 saturated carbocycles. The average molecular weight is 228 g/mol. The lowest BCUT2D eigenvalue weighted by Crippen LogP contribution is -2.58. The molecule has 94 valence electrons. The van der Waals surface area contributed by atoms with Crippen molar-refractivity contribution in [2.24, 2.45) is 11.7 Å². The van der Waals surface area contributed by atoms with Crippen LogP contribution in [0.2, 0.25) is 0 Å². The molecule has 0 aromatic carbocycles. The van der Waals surface area contributed by atoms with Gasteiger partial charge in [0.2, 0.25) is 0 Å². The van der Waals surface area contributed by atoms with Crippen molar-refractivity contribution in [3.05, 3.63) is 0 Å². The highest BCUT2D eigenvalue weighted by molar-refractivity contribution is 5.66. The number of nitrogens with two attached hydrogens (primary N) is 1. The first kappa shape index (κ1) is 13.3. The third kappa shape index (κ3) is 2.67. The van der Waals surface area contributed by atoms with E-state index in [1.54, 1.807) is 0 Å². The lowest BCUT2D eigenvalue weighted by Gasteiger charge is -2.44. The first-order chi connectivity index (χ1) is 7.25. The minimum absolute atomic E-state index is 0.0379. The molecule has 0 radical (unpaired) electrons. The zero-order chi connectivity index (χ0) is 12.5. The summed E-state index contributed by atoms with van der Waals surface area (Å²) >= 11 is 0. The van der Waals surface area contributed by atoms with Gasteiger partial charge >= 0.3 is 6.09 Å². The summed E-state index contributed by atoms with van der Waals surface area (Å²) in [5.74, 6) is 0.499. The molecule has 2 atom stereocenters. The Kier molecular flexibility index (Phi) is 3.84. The summed E-state index contributed by atoms with van der Waals surface area (Å²) < 4.78 is 0. The monoisotopic (exact) mass is 228 g/mol. The average Bonchev–Trinajstić information content (AvgIpc) is 1.96. The molecule has 1 aliphatic rings. The van der Waals surface area contributed by atoms with E-state index in [1.165, 1.54) is 11.3 Å². The Hall–Kier alpha value is -0.770. The van der Waals surface area contributed by atoms with Crippen LogP contribution in [0.5, 0.6) is 0 Å². The van der Waals surface area contributed by atoms with Gasteiger partial charge in [-0.1, -0.05) is 6.42 Å². The summed E-state index contributed by atoms with van der Waals surface area (Å²) in [4.78, 5) is 12.8. The van der Waals surface area contributed by atoms with Gasteiger partial charge in [-0.15, -0.1) is 0 Å². The molecular weight excluding hydrogens is 204 g/mol. The Morgan fingerprint density at radius 2 is 1.94 bits per heavy atom. The second-order valence-corrected chi connectivity index (χ2v) is 5.83. The highest BCUT2D eigenvalue weighted by atomic mass is 16.4. The third-order valence-corrected chi connectivity index (χ3v) is 3.59. The van der Waals surface area contributed by atoms with E-state index in [1.807, 2.05) is 27.7 Å². The van der Waals surface area contributed by atoms with Gasteiger partial charge in [0.1, 0.15) is 0 Å². The second-order valence-electron chi connectivity index (χ2n) is 5.83. The topological polar surface area (TPSA) is 66.6 Å². The van der Waals surface area contributed by atoms with Crippen LogP contribution in [0, 0.1) is 5.92 Å². The van der Waals surface area contributed by atoms with E-state index < -0.39 is 11.6 Å². The number of hydrogen-bond acceptors (Lipinski definition) is 2. The summed E-state index contributed by atoms with van der Waals surface area (Å²) in [5, 5.41) is 9.27. The van der Waals surface area contributed by atoms with Crippen molar-refractivity contribution < 1.29 is 9.90 Å². The predicted octanol–water partition coefficient (Wildman–Crippen LogP) is 2.28. The molecule has 0 aromatic rings. The Bertz CT molecular complexity index is 256. The van der Waals surface area contributed by atoms with Crippen LogP contribution in [0.3, 0.4) is 0 Å². The predicted molar refractivity (Wildman–Crippen MR) is 64.4 cm³/mol. The van der Waals surface area contributed by atoms with Crippen LogP contribution in [0.1, 0.15) is 47.0 Å². The summed E-state index contributed by atoms with van der Waals surface area (Å²) in [6.45, 7) is 7.64. The number of amides is 1. The Morgan fingerprint density at radius 1 is 1.44 bits per heavy atom. The minimum Gasteiger partial charge on any atom is -0.465 e. The van der Waals surface area contributed by atoms with Gasteiger partial charge in [0.15, 0.2) is 0 Å². The zero-order valence-electron chi connectivity index (χ0n) is 10.7. The zero-order valence-corrected chi connectivity index (χ0v) is 10.7. The van der Waals surface area contributed by atoms with Crippen molar-refractivity contribution in [2.45, 2.75) is 64.6 Å². The van der Waals surface area contributed by atoms with E-state index in [-0.39, 0.29) is 12.1 Å². The van der Waals surface area contributed by atoms with Crippen LogP contribution >= 0.6 is 0 Å². The highest BCUT2D eigenvalue weighted by Gasteiger charge is 2.37. The van der Waals surface area contributed by atoms with E-state index in [2.05, 4.69) is 0 Å². The lowest BCUT2D eigenvalue weighted by atomic mass is 9.77. The second kappa shape index (κ2) is 4.62. The molecule has 0 aliphatic heterocycles. The molecule has 1 aliphatic carbocycles. The summed E-state index contributed by atoms with van der Waals surface area (Å²) in [5.41, 5.74) is 5.76. The van der Waals surface area contributed by atoms with E-state index >= 15 is 0 Å². The fourth-order valence-electron chi connectivity index (χ4n) is 2.46. The molecule has 1 rings (SSSR count). The summed E-state index contributed by atoms with van der Waals surface area (Å²) in [7, 11) is 0. The van der Waals surface area contributed by atoms with Gasteiger partial charge < -0.3 is 10.8 Å². The number of carbonyl (C=O) groups is 1. The molecule has 0 unspecified atom stereocenters. The molecule has 0 aromatic heterocycles. The molecule has 1 amide bonds. The number of carboxylic acid groups (broad SMARTS) is 1. The Balaban J connectivity index is 2.73. The van der Waals surface area contributed by atoms with Crippen molar-refractivity contribution >= 4 is 6.09 Å². The van der Waals surface area contributed by atoms with E-state index in [4.69, 9.17) is 5.73 Å². The molecular formula is C12H24N2O2. The smallest absolute Gasteiger partial charge is 0.408 e. The SMILES string of the molecule is C[C@@H]([C@@H](N)C1CCC1)N(C(=O)O)C(C)(C)C. The Morgan fingerprint density at radius 3 is 2.19 bits per heavy atom. The maximum Gasteiger partial charge on any atom is 0.408 e. The van der Waals surface area contributed by atoms with Crippen molar-refractivity contribution in [3.63, 3.8) is 0 Å². The molecule has 4 heteroatoms. The molecule has 4 nitrogen and oxygen atoms in total. The van der Waals surface area contributed by atoms with Gasteiger partial charge in [-0.3, -0.25) is 4.90 Å². The van der Waals surface area contributed by atoms with Crippen molar-refractivity contribution in [2.75, 3.05) is 0 Å². The van der Waals surface area contributed by atoms with E-state index in [0.717, 1.165) is 12.8 Å². The largest absolute Gasteiger partial charge is 0.465 e. The highest BCUT2D eigenvalue weighted by Crippen LogP contribution is 2.32. The maximum atomic E-state index is 11.3. The molecule has 0 heterocycles. The minimum atomic E-state index is -0.880. The van der Waals surface area contributed by atoms with Gasteiger partial charge in [-0.05, 0) is 46.5 Å². The van der Waals surface area contributed by atoms with Crippen LogP contribution in [0.4, 0.5) is 4.79 Å². The van der Waals surface area contributed by atoms with Crippen LogP contribution in [-0.2, 0) is 0 Å². The molecule has 0 bridgehead atoms. The van der Waals surface area contributed by atoms with Crippen LogP contribution in [0.15, 0.2) is 0 Å². The van der Waals surface area contributed by atoms with Gasteiger partial charge in [0, 0.05) is 17.6 Å². The summed E-state index contributed by atoms with van der Waals surface area (Å²) in [6.07, 6.45) is 2.63. The van der Waals surface area contributed by atoms with Gasteiger partial charge in [-0.2, -0.15) is 0 Å². The molecule has 0 spiro atoms. The first-order valence-corrected chi connectivity index (χ1v) is 6.03. The van der Waals surface area contributed by atoms with Crippen LogP contribution in [-0.4, -0.2) is 33.7 Å². The van der Waals surface area contributed by atoms with Gasteiger partial charge in [0.25, 0.3) is 0 Å². The fraction of sp³-hybridized carbons (Fsp3) is 0.917. The van der Waals surface area contributed by atoms with Crippen LogP contribution in [0.25, 0.3) is 0 Å². The molecule has 1 fully saturated rings. The quantitative estimate of drug-likeness (QED) is 0.778. The van der Waals surface area contributed by atoms with E-state index in [0.29, 0.717) is 5.92 Å². The number of rotatable bonds is 3. The van der Waals surface area contributed by atoms with Gasteiger partial charge in [0.05, 0.1) is 0 Å². The fourth-order valence-corrected chi connectivity index (χ4v) is 2.46. The van der Waals surface area contributed by atoms with E-state index in [9.17, 15) is 9.90 Å². The van der Waals surface area contributed by atoms with Crippen LogP contribution < -0.4 is 5.73 Å². The number of nitrogens with zero attached hydrogens (tertiary/aromatic N) is 1. The normalized spacial score (nSPS) is 21.1. The standard InChI is InChI=1S/C12H24N2O2/c1-8(10(13)9-6-5-7-9)14(11(15)16)12(2,3)4/h8-10H,5-7,13H2,1-4H3,(H,15,16)/t8-,10+/m0/s1. The lowest BCUT2D eigenvalue weighted by molar-refractivity contribution is 0.0514. The molecule has 3 N–H and O–H groups in total. The van der Waals surface area contributed by atoms with Gasteiger partial charge in [-0.25, -0.2) is 4.79 Å². The molecule has 16 heavy (non-hydrogen) atoms. The Labute approximate surface area is 97.8 Å². The van der Waals surface area contributed by atoms with Crippen molar-refractivity contribution in [3.8, 4) is 0 Å². The number of hydrogen-bond donors (Lipinski definition) is 2. The first-order valence-electron chi connectivity index (χ1n) is 6.03. The van der Waals surface area contributed by atoms with Crippen molar-refractivity contribution in [1.82, 2.24) is 4.90 Å². The summed E-state index contributed by atoms with van der Waals surface area (Å²) in [6, 6.07) is -0.160. The third-order valence-electron chi connectivity index (χ3n) is 3.59. The maximum absolute atomic E-state index is 11.3. The van der Waals surface area contributed by atoms with Crippen molar-refractivity contribution in [1.29, 1.82) is 0 Å². The molecule has 0 saturated heterocycles.